The lowest BCUT2D eigenvalue weighted by molar-refractivity contribution is 0.327. The Labute approximate surface area is 123 Å². The minimum atomic E-state index is -0.139. The van der Waals surface area contributed by atoms with E-state index < -0.39 is 0 Å². The van der Waals surface area contributed by atoms with Crippen molar-refractivity contribution < 1.29 is 4.39 Å². The third kappa shape index (κ3) is 4.20. The molecule has 1 atom stereocenters. The van der Waals surface area contributed by atoms with Gasteiger partial charge in [0, 0.05) is 19.6 Å². The maximum absolute atomic E-state index is 14.3. The van der Waals surface area contributed by atoms with Gasteiger partial charge in [-0.25, -0.2) is 4.39 Å². The summed E-state index contributed by atoms with van der Waals surface area (Å²) in [7, 11) is 1.98. The van der Waals surface area contributed by atoms with Crippen LogP contribution < -0.4 is 10.2 Å². The molecule has 0 aliphatic carbocycles. The van der Waals surface area contributed by atoms with E-state index in [9.17, 15) is 4.39 Å². The lowest BCUT2D eigenvalue weighted by atomic mass is 9.86. The van der Waals surface area contributed by atoms with Crippen LogP contribution in [-0.4, -0.2) is 19.6 Å². The molecule has 0 radical (unpaired) electrons. The molecule has 1 aromatic carbocycles. The second-order valence-corrected chi connectivity index (χ2v) is 6.58. The van der Waals surface area contributed by atoms with Gasteiger partial charge in [0.15, 0.2) is 0 Å². The fraction of sp³-hybridized carbons (Fsp3) is 0.647. The molecule has 1 N–H and O–H groups in total. The van der Waals surface area contributed by atoms with Gasteiger partial charge in [-0.15, -0.1) is 0 Å². The van der Waals surface area contributed by atoms with E-state index in [0.29, 0.717) is 6.54 Å². The van der Waals surface area contributed by atoms with Crippen molar-refractivity contribution >= 4 is 5.69 Å². The van der Waals surface area contributed by atoms with Crippen LogP contribution >= 0.6 is 0 Å². The van der Waals surface area contributed by atoms with Crippen molar-refractivity contribution in [2.75, 3.05) is 18.5 Å². The molecule has 2 nitrogen and oxygen atoms in total. The van der Waals surface area contributed by atoms with Crippen molar-refractivity contribution in [3.8, 4) is 0 Å². The second kappa shape index (κ2) is 7.07. The number of nitrogens with one attached hydrogen (secondary N) is 1. The predicted octanol–water partition coefficient (Wildman–Crippen LogP) is 4.20. The zero-order valence-electron chi connectivity index (χ0n) is 13.8. The lowest BCUT2D eigenvalue weighted by Crippen LogP contribution is -2.40. The summed E-state index contributed by atoms with van der Waals surface area (Å²) in [6.07, 6.45) is 1.08. The van der Waals surface area contributed by atoms with Crippen molar-refractivity contribution in [1.82, 2.24) is 5.32 Å². The van der Waals surface area contributed by atoms with Gasteiger partial charge in [0.25, 0.3) is 0 Å². The first-order chi connectivity index (χ1) is 9.29. The van der Waals surface area contributed by atoms with Crippen LogP contribution in [0.4, 0.5) is 10.1 Å². The van der Waals surface area contributed by atoms with Crippen LogP contribution in [0, 0.1) is 11.2 Å². The molecule has 0 spiro atoms. The molecular formula is C17H29FN2. The van der Waals surface area contributed by atoms with Crippen LogP contribution in [0.15, 0.2) is 18.2 Å². The van der Waals surface area contributed by atoms with E-state index in [1.807, 2.05) is 13.1 Å². The third-order valence-electron chi connectivity index (χ3n) is 4.00. The molecule has 0 saturated carbocycles. The number of hydrogen-bond acceptors (Lipinski definition) is 2. The van der Waals surface area contributed by atoms with Gasteiger partial charge >= 0.3 is 0 Å². The number of anilines is 1. The molecule has 0 aliphatic heterocycles. The molecule has 114 valence electrons. The SMILES string of the molecule is CCCNCc1cccc(F)c1N(C)C(C)C(C)(C)C. The molecule has 0 aromatic heterocycles. The highest BCUT2D eigenvalue weighted by Crippen LogP contribution is 2.31. The Bertz CT molecular complexity index is 423. The third-order valence-corrected chi connectivity index (χ3v) is 4.00. The Morgan fingerprint density at radius 1 is 1.30 bits per heavy atom. The summed E-state index contributed by atoms with van der Waals surface area (Å²) < 4.78 is 14.3. The Kier molecular flexibility index (Phi) is 6.00. The number of para-hydroxylation sites is 1. The van der Waals surface area contributed by atoms with Crippen molar-refractivity contribution in [2.45, 2.75) is 53.6 Å². The van der Waals surface area contributed by atoms with Gasteiger partial charge in [-0.3, -0.25) is 0 Å². The highest BCUT2D eigenvalue weighted by atomic mass is 19.1. The number of hydrogen-bond donors (Lipinski definition) is 1. The smallest absolute Gasteiger partial charge is 0.146 e. The maximum Gasteiger partial charge on any atom is 0.146 e. The summed E-state index contributed by atoms with van der Waals surface area (Å²) in [6, 6.07) is 5.60. The predicted molar refractivity (Wildman–Crippen MR) is 85.7 cm³/mol. The molecular weight excluding hydrogens is 251 g/mol. The average molecular weight is 280 g/mol. The first-order valence-corrected chi connectivity index (χ1v) is 7.50. The van der Waals surface area contributed by atoms with Gasteiger partial charge < -0.3 is 10.2 Å². The number of halogens is 1. The monoisotopic (exact) mass is 280 g/mol. The molecule has 0 aliphatic rings. The number of rotatable bonds is 6. The van der Waals surface area contributed by atoms with Gasteiger partial charge in [-0.2, -0.15) is 0 Å². The van der Waals surface area contributed by atoms with E-state index in [-0.39, 0.29) is 17.3 Å². The highest BCUT2D eigenvalue weighted by molar-refractivity contribution is 5.55. The normalized spacial score (nSPS) is 13.3. The van der Waals surface area contributed by atoms with E-state index in [1.54, 1.807) is 12.1 Å². The molecule has 0 bridgehead atoms. The summed E-state index contributed by atoms with van der Waals surface area (Å²) in [5.41, 5.74) is 1.85. The Morgan fingerprint density at radius 3 is 2.50 bits per heavy atom. The van der Waals surface area contributed by atoms with Crippen LogP contribution in [-0.2, 0) is 6.54 Å². The fourth-order valence-corrected chi connectivity index (χ4v) is 2.27. The minimum absolute atomic E-state index is 0.102. The van der Waals surface area contributed by atoms with Crippen LogP contribution in [0.1, 0.15) is 46.6 Å². The molecule has 1 unspecified atom stereocenters. The summed E-state index contributed by atoms with van der Waals surface area (Å²) >= 11 is 0. The Balaban J connectivity index is 3.02. The van der Waals surface area contributed by atoms with Gasteiger partial charge in [0.05, 0.1) is 5.69 Å². The lowest BCUT2D eigenvalue weighted by Gasteiger charge is -2.38. The van der Waals surface area contributed by atoms with Crippen molar-refractivity contribution in [2.24, 2.45) is 5.41 Å². The average Bonchev–Trinajstić information content (AvgIpc) is 2.36. The largest absolute Gasteiger partial charge is 0.369 e. The zero-order valence-corrected chi connectivity index (χ0v) is 13.8. The Morgan fingerprint density at radius 2 is 1.95 bits per heavy atom. The minimum Gasteiger partial charge on any atom is -0.369 e. The Hall–Kier alpha value is -1.09. The fourth-order valence-electron chi connectivity index (χ4n) is 2.27. The molecule has 0 fully saturated rings. The molecule has 1 rings (SSSR count). The zero-order chi connectivity index (χ0) is 15.3. The van der Waals surface area contributed by atoms with Gasteiger partial charge in [-0.05, 0) is 36.9 Å². The summed E-state index contributed by atoms with van der Waals surface area (Å²) in [5.74, 6) is -0.139. The first kappa shape index (κ1) is 17.0. The van der Waals surface area contributed by atoms with Gasteiger partial charge in [0.1, 0.15) is 5.82 Å². The molecule has 1 aromatic rings. The van der Waals surface area contributed by atoms with E-state index in [4.69, 9.17) is 0 Å². The number of nitrogens with zero attached hydrogens (tertiary/aromatic N) is 1. The molecule has 0 amide bonds. The van der Waals surface area contributed by atoms with Crippen LogP contribution in [0.2, 0.25) is 0 Å². The van der Waals surface area contributed by atoms with Crippen LogP contribution in [0.3, 0.4) is 0 Å². The molecule has 20 heavy (non-hydrogen) atoms. The summed E-state index contributed by atoms with van der Waals surface area (Å²) in [4.78, 5) is 2.07. The van der Waals surface area contributed by atoms with Gasteiger partial charge in [0.2, 0.25) is 0 Å². The number of benzene rings is 1. The quantitative estimate of drug-likeness (QED) is 0.786. The molecule has 0 saturated heterocycles. The van der Waals surface area contributed by atoms with Gasteiger partial charge in [-0.1, -0.05) is 39.8 Å². The van der Waals surface area contributed by atoms with Crippen LogP contribution in [0.5, 0.6) is 0 Å². The van der Waals surface area contributed by atoms with E-state index >= 15 is 0 Å². The summed E-state index contributed by atoms with van der Waals surface area (Å²) in [6.45, 7) is 12.5. The first-order valence-electron chi connectivity index (χ1n) is 7.50. The van der Waals surface area contributed by atoms with Crippen LogP contribution in [0.25, 0.3) is 0 Å². The van der Waals surface area contributed by atoms with E-state index in [0.717, 1.165) is 24.2 Å². The topological polar surface area (TPSA) is 15.3 Å². The highest BCUT2D eigenvalue weighted by Gasteiger charge is 2.26. The van der Waals surface area contributed by atoms with Crippen molar-refractivity contribution in [3.05, 3.63) is 29.6 Å². The maximum atomic E-state index is 14.3. The van der Waals surface area contributed by atoms with Crippen molar-refractivity contribution in [3.63, 3.8) is 0 Å². The van der Waals surface area contributed by atoms with E-state index in [1.165, 1.54) is 0 Å². The second-order valence-electron chi connectivity index (χ2n) is 6.58. The molecule has 3 heteroatoms. The molecule has 0 heterocycles. The summed E-state index contributed by atoms with van der Waals surface area (Å²) in [5, 5.41) is 3.36. The van der Waals surface area contributed by atoms with Crippen molar-refractivity contribution in [1.29, 1.82) is 0 Å². The standard InChI is InChI=1S/C17H29FN2/c1-7-11-19-12-14-9-8-10-15(18)16(14)20(6)13(2)17(3,4)5/h8-10,13,19H,7,11-12H2,1-6H3. The van der Waals surface area contributed by atoms with E-state index in [2.05, 4.69) is 44.8 Å².